The van der Waals surface area contributed by atoms with Crippen molar-refractivity contribution in [3.8, 4) is 0 Å². The Morgan fingerprint density at radius 1 is 1.38 bits per heavy atom. The SMILES string of the molecule is Cc1cc(C(=O)N(C)CCc2nc3ccccc3[nH]2)ns1. The van der Waals surface area contributed by atoms with Gasteiger partial charge in [-0.3, -0.25) is 4.79 Å². The molecule has 0 aliphatic carbocycles. The highest BCUT2D eigenvalue weighted by Crippen LogP contribution is 2.12. The standard InChI is InChI=1S/C15H16N4OS/c1-10-9-13(18-21-10)15(20)19(2)8-7-14-16-11-5-3-4-6-12(11)17-14/h3-6,9H,7-8H2,1-2H3,(H,16,17). The van der Waals surface area contributed by atoms with E-state index < -0.39 is 0 Å². The number of hydrogen-bond acceptors (Lipinski definition) is 4. The van der Waals surface area contributed by atoms with Gasteiger partial charge in [0.1, 0.15) is 11.5 Å². The van der Waals surface area contributed by atoms with Gasteiger partial charge in [0, 0.05) is 24.9 Å². The van der Waals surface area contributed by atoms with E-state index in [0.717, 1.165) is 21.7 Å². The molecule has 0 bridgehead atoms. The molecule has 3 aromatic rings. The molecule has 0 fully saturated rings. The topological polar surface area (TPSA) is 61.9 Å². The lowest BCUT2D eigenvalue weighted by Crippen LogP contribution is -2.29. The highest BCUT2D eigenvalue weighted by molar-refractivity contribution is 7.05. The van der Waals surface area contributed by atoms with Crippen LogP contribution in [0.2, 0.25) is 0 Å². The first-order valence-corrected chi connectivity index (χ1v) is 7.53. The quantitative estimate of drug-likeness (QED) is 0.805. The Morgan fingerprint density at radius 3 is 2.90 bits per heavy atom. The number of nitrogens with one attached hydrogen (secondary N) is 1. The van der Waals surface area contributed by atoms with Crippen LogP contribution >= 0.6 is 11.5 Å². The van der Waals surface area contributed by atoms with E-state index in [1.807, 2.05) is 37.3 Å². The van der Waals surface area contributed by atoms with Gasteiger partial charge in [-0.15, -0.1) is 0 Å². The lowest BCUT2D eigenvalue weighted by atomic mass is 10.3. The molecule has 0 spiro atoms. The average Bonchev–Trinajstić information content (AvgIpc) is 3.09. The van der Waals surface area contributed by atoms with Crippen molar-refractivity contribution in [1.29, 1.82) is 0 Å². The summed E-state index contributed by atoms with van der Waals surface area (Å²) in [7, 11) is 1.79. The molecule has 0 saturated heterocycles. The number of H-pyrrole nitrogens is 1. The van der Waals surface area contributed by atoms with Crippen molar-refractivity contribution in [1.82, 2.24) is 19.2 Å². The highest BCUT2D eigenvalue weighted by atomic mass is 32.1. The Bertz CT molecular complexity index is 744. The zero-order chi connectivity index (χ0) is 14.8. The van der Waals surface area contributed by atoms with E-state index in [-0.39, 0.29) is 5.91 Å². The number of aryl methyl sites for hydroxylation is 1. The van der Waals surface area contributed by atoms with Crippen molar-refractivity contribution in [2.24, 2.45) is 0 Å². The highest BCUT2D eigenvalue weighted by Gasteiger charge is 2.15. The number of para-hydroxylation sites is 2. The van der Waals surface area contributed by atoms with Crippen LogP contribution in [-0.2, 0) is 6.42 Å². The van der Waals surface area contributed by atoms with Gasteiger partial charge in [0.2, 0.25) is 0 Å². The predicted octanol–water partition coefficient (Wildman–Crippen LogP) is 2.64. The molecule has 0 aliphatic rings. The second kappa shape index (κ2) is 5.65. The van der Waals surface area contributed by atoms with Gasteiger partial charge < -0.3 is 9.88 Å². The van der Waals surface area contributed by atoms with E-state index in [1.165, 1.54) is 11.5 Å². The fourth-order valence-corrected chi connectivity index (χ4v) is 2.70. The molecule has 1 N–H and O–H groups in total. The first kappa shape index (κ1) is 13.8. The Morgan fingerprint density at radius 2 is 2.19 bits per heavy atom. The molecule has 1 aromatic carbocycles. The van der Waals surface area contributed by atoms with Gasteiger partial charge >= 0.3 is 0 Å². The zero-order valence-corrected chi connectivity index (χ0v) is 12.8. The number of aromatic amines is 1. The fourth-order valence-electron chi connectivity index (χ4n) is 2.16. The minimum Gasteiger partial charge on any atom is -0.342 e. The molecule has 3 rings (SSSR count). The number of imidazole rings is 1. The number of nitrogens with zero attached hydrogens (tertiary/aromatic N) is 3. The van der Waals surface area contributed by atoms with Crippen LogP contribution in [0, 0.1) is 6.92 Å². The number of carbonyl (C=O) groups excluding carboxylic acids is 1. The van der Waals surface area contributed by atoms with E-state index in [4.69, 9.17) is 0 Å². The van der Waals surface area contributed by atoms with Crippen LogP contribution < -0.4 is 0 Å². The van der Waals surface area contributed by atoms with Crippen molar-refractivity contribution < 1.29 is 4.79 Å². The molecule has 6 heteroatoms. The van der Waals surface area contributed by atoms with E-state index in [9.17, 15) is 4.79 Å². The maximum absolute atomic E-state index is 12.2. The van der Waals surface area contributed by atoms with E-state index in [0.29, 0.717) is 18.7 Å². The lowest BCUT2D eigenvalue weighted by molar-refractivity contribution is 0.0791. The van der Waals surface area contributed by atoms with Crippen LogP contribution in [0.5, 0.6) is 0 Å². The molecule has 0 unspecified atom stereocenters. The Kier molecular flexibility index (Phi) is 3.70. The lowest BCUT2D eigenvalue weighted by Gasteiger charge is -2.14. The summed E-state index contributed by atoms with van der Waals surface area (Å²) >= 11 is 1.35. The van der Waals surface area contributed by atoms with Crippen molar-refractivity contribution in [3.63, 3.8) is 0 Å². The minimum atomic E-state index is -0.0459. The van der Waals surface area contributed by atoms with Crippen LogP contribution in [0.25, 0.3) is 11.0 Å². The van der Waals surface area contributed by atoms with Crippen LogP contribution in [0.4, 0.5) is 0 Å². The van der Waals surface area contributed by atoms with Crippen molar-refractivity contribution in [2.45, 2.75) is 13.3 Å². The second-order valence-corrected chi connectivity index (χ2v) is 6.01. The Balaban J connectivity index is 1.65. The summed E-state index contributed by atoms with van der Waals surface area (Å²) in [6, 6.07) is 9.74. The van der Waals surface area contributed by atoms with Gasteiger partial charge in [0.15, 0.2) is 0 Å². The third kappa shape index (κ3) is 2.95. The summed E-state index contributed by atoms with van der Waals surface area (Å²) in [5.74, 6) is 0.848. The monoisotopic (exact) mass is 300 g/mol. The number of fused-ring (bicyclic) bond motifs is 1. The number of benzene rings is 1. The van der Waals surface area contributed by atoms with Gasteiger partial charge in [-0.05, 0) is 36.7 Å². The van der Waals surface area contributed by atoms with Crippen LogP contribution in [0.15, 0.2) is 30.3 Å². The number of likely N-dealkylation sites (N-methyl/N-ethyl adjacent to an activating group) is 1. The molecule has 1 amide bonds. The smallest absolute Gasteiger partial charge is 0.273 e. The van der Waals surface area contributed by atoms with E-state index in [1.54, 1.807) is 11.9 Å². The van der Waals surface area contributed by atoms with E-state index in [2.05, 4.69) is 14.3 Å². The second-order valence-electron chi connectivity index (χ2n) is 5.00. The first-order valence-electron chi connectivity index (χ1n) is 6.76. The van der Waals surface area contributed by atoms with Crippen molar-refractivity contribution in [3.05, 3.63) is 46.7 Å². The van der Waals surface area contributed by atoms with Gasteiger partial charge in [-0.25, -0.2) is 4.98 Å². The van der Waals surface area contributed by atoms with Crippen molar-refractivity contribution in [2.75, 3.05) is 13.6 Å². The van der Waals surface area contributed by atoms with Gasteiger partial charge in [-0.2, -0.15) is 4.37 Å². The molecular weight excluding hydrogens is 284 g/mol. The molecule has 0 aliphatic heterocycles. The zero-order valence-electron chi connectivity index (χ0n) is 12.0. The summed E-state index contributed by atoms with van der Waals surface area (Å²) < 4.78 is 4.15. The minimum absolute atomic E-state index is 0.0459. The van der Waals surface area contributed by atoms with Crippen LogP contribution in [0.3, 0.4) is 0 Å². The average molecular weight is 300 g/mol. The molecule has 0 atom stereocenters. The van der Waals surface area contributed by atoms with Gasteiger partial charge in [-0.1, -0.05) is 12.1 Å². The van der Waals surface area contributed by atoms with E-state index >= 15 is 0 Å². The molecule has 0 radical (unpaired) electrons. The summed E-state index contributed by atoms with van der Waals surface area (Å²) in [6.45, 7) is 2.55. The first-order chi connectivity index (χ1) is 10.1. The predicted molar refractivity (Wildman–Crippen MR) is 83.6 cm³/mol. The summed E-state index contributed by atoms with van der Waals surface area (Å²) in [5, 5.41) is 0. The molecular formula is C15H16N4OS. The maximum Gasteiger partial charge on any atom is 0.273 e. The van der Waals surface area contributed by atoms with Crippen LogP contribution in [0.1, 0.15) is 21.2 Å². The third-order valence-corrected chi connectivity index (χ3v) is 4.01. The normalized spacial score (nSPS) is 11.0. The summed E-state index contributed by atoms with van der Waals surface area (Å²) in [5.41, 5.74) is 2.50. The number of hydrogen-bond donors (Lipinski definition) is 1. The summed E-state index contributed by atoms with van der Waals surface area (Å²) in [6.07, 6.45) is 0.694. The third-order valence-electron chi connectivity index (χ3n) is 3.32. The number of amides is 1. The Hall–Kier alpha value is -2.21. The number of carbonyl (C=O) groups is 1. The summed E-state index contributed by atoms with van der Waals surface area (Å²) in [4.78, 5) is 22.7. The molecule has 2 heterocycles. The molecule has 5 nitrogen and oxygen atoms in total. The maximum atomic E-state index is 12.2. The van der Waals surface area contributed by atoms with Crippen molar-refractivity contribution >= 4 is 28.5 Å². The molecule has 21 heavy (non-hydrogen) atoms. The van der Waals surface area contributed by atoms with Gasteiger partial charge in [0.05, 0.1) is 11.0 Å². The van der Waals surface area contributed by atoms with Gasteiger partial charge in [0.25, 0.3) is 5.91 Å². The van der Waals surface area contributed by atoms with Crippen LogP contribution in [-0.4, -0.2) is 38.7 Å². The number of aromatic nitrogens is 3. The number of rotatable bonds is 4. The molecule has 2 aromatic heterocycles. The Labute approximate surface area is 126 Å². The molecule has 0 saturated carbocycles. The largest absolute Gasteiger partial charge is 0.342 e. The fraction of sp³-hybridized carbons (Fsp3) is 0.267. The molecule has 108 valence electrons.